The number of hydrogen-bond donors (Lipinski definition) is 2. The van der Waals surface area contributed by atoms with E-state index in [9.17, 15) is 18.8 Å². The number of carbonyl (C=O) groups is 3. The summed E-state index contributed by atoms with van der Waals surface area (Å²) in [6.07, 6.45) is -1.44. The van der Waals surface area contributed by atoms with Crippen LogP contribution in [0.3, 0.4) is 0 Å². The molecule has 1 heterocycles. The minimum Gasteiger partial charge on any atom is -0.465 e. The summed E-state index contributed by atoms with van der Waals surface area (Å²) in [6.45, 7) is 3.28. The van der Waals surface area contributed by atoms with Gasteiger partial charge in [-0.05, 0) is 49.7 Å². The van der Waals surface area contributed by atoms with Crippen molar-refractivity contribution >= 4 is 35.0 Å². The van der Waals surface area contributed by atoms with Crippen LogP contribution in [0.15, 0.2) is 77.8 Å². The number of urea groups is 1. The van der Waals surface area contributed by atoms with Crippen molar-refractivity contribution in [3.05, 3.63) is 95.3 Å². The lowest BCUT2D eigenvalue weighted by atomic mass is 10.00. The van der Waals surface area contributed by atoms with Crippen LogP contribution in [-0.4, -0.2) is 42.9 Å². The number of para-hydroxylation sites is 1. The third-order valence-corrected chi connectivity index (χ3v) is 5.47. The Kier molecular flexibility index (Phi) is 7.39. The van der Waals surface area contributed by atoms with Gasteiger partial charge in [-0.3, -0.25) is 14.5 Å². The molecule has 184 valence electrons. The number of benzene rings is 3. The second-order valence-electron chi connectivity index (χ2n) is 8.07. The second-order valence-corrected chi connectivity index (χ2v) is 8.07. The number of nitrogens with zero attached hydrogens (tertiary/aromatic N) is 2. The Bertz CT molecular complexity index is 1340. The van der Waals surface area contributed by atoms with Crippen molar-refractivity contribution in [1.82, 2.24) is 5.32 Å². The van der Waals surface area contributed by atoms with Crippen LogP contribution in [0.25, 0.3) is 0 Å². The molecule has 0 saturated carbocycles. The highest BCUT2D eigenvalue weighted by Crippen LogP contribution is 2.29. The minimum absolute atomic E-state index is 0.139. The molecule has 3 aromatic rings. The normalized spacial score (nSPS) is 14.9. The zero-order valence-electron chi connectivity index (χ0n) is 19.8. The van der Waals surface area contributed by atoms with E-state index in [0.29, 0.717) is 16.9 Å². The fourth-order valence-corrected chi connectivity index (χ4v) is 3.90. The monoisotopic (exact) mass is 488 g/mol. The predicted octanol–water partition coefficient (Wildman–Crippen LogP) is 4.03. The Morgan fingerprint density at radius 2 is 1.75 bits per heavy atom. The summed E-state index contributed by atoms with van der Waals surface area (Å²) in [5.41, 5.74) is 2.57. The summed E-state index contributed by atoms with van der Waals surface area (Å²) >= 11 is 0. The summed E-state index contributed by atoms with van der Waals surface area (Å²) < 4.78 is 19.9. The molecule has 1 aliphatic heterocycles. The average molecular weight is 489 g/mol. The van der Waals surface area contributed by atoms with E-state index >= 15 is 0 Å². The number of amides is 3. The lowest BCUT2D eigenvalue weighted by molar-refractivity contribution is -0.142. The number of esters is 1. The number of aliphatic imine (C=N–C) groups is 1. The van der Waals surface area contributed by atoms with E-state index in [2.05, 4.69) is 15.6 Å². The minimum atomic E-state index is -1.44. The van der Waals surface area contributed by atoms with Gasteiger partial charge in [0.2, 0.25) is 6.17 Å². The quantitative estimate of drug-likeness (QED) is 0.512. The molecular weight excluding hydrogens is 463 g/mol. The molecule has 0 aliphatic carbocycles. The van der Waals surface area contributed by atoms with Gasteiger partial charge in [0.1, 0.15) is 12.4 Å². The van der Waals surface area contributed by atoms with Crippen LogP contribution in [0.2, 0.25) is 0 Å². The number of ether oxygens (including phenoxy) is 1. The molecule has 3 aromatic carbocycles. The third-order valence-electron chi connectivity index (χ3n) is 5.47. The first-order valence-electron chi connectivity index (χ1n) is 11.4. The number of anilines is 2. The molecule has 3 amide bonds. The van der Waals surface area contributed by atoms with Crippen LogP contribution in [0.1, 0.15) is 23.6 Å². The summed E-state index contributed by atoms with van der Waals surface area (Å²) in [4.78, 5) is 44.5. The standard InChI is InChI=1S/C27H25FN4O4/c1-3-36-23(33)16-32-22-14-7-5-12-20(22)24(19-11-4-6-13-21(19)28)30-25(26(32)34)31-27(35)29-18-10-8-9-17(2)15-18/h4-15,25H,3,16H2,1-2H3,(H2,29,31,35). The fraction of sp³-hybridized carbons (Fsp3) is 0.185. The number of fused-ring (bicyclic) bond motifs is 1. The molecule has 1 atom stereocenters. The predicted molar refractivity (Wildman–Crippen MR) is 135 cm³/mol. The summed E-state index contributed by atoms with van der Waals surface area (Å²) in [6, 6.07) is 19.2. The maximum atomic E-state index is 14.9. The molecule has 36 heavy (non-hydrogen) atoms. The van der Waals surface area contributed by atoms with Gasteiger partial charge in [-0.25, -0.2) is 14.2 Å². The Hall–Kier alpha value is -4.53. The van der Waals surface area contributed by atoms with E-state index in [0.717, 1.165) is 5.56 Å². The van der Waals surface area contributed by atoms with Gasteiger partial charge in [0.05, 0.1) is 18.0 Å². The zero-order valence-corrected chi connectivity index (χ0v) is 19.8. The van der Waals surface area contributed by atoms with E-state index < -0.39 is 36.4 Å². The maximum Gasteiger partial charge on any atom is 0.326 e. The molecule has 0 saturated heterocycles. The first-order chi connectivity index (χ1) is 17.4. The Labute approximate surface area is 207 Å². The van der Waals surface area contributed by atoms with Gasteiger partial charge in [-0.15, -0.1) is 0 Å². The Morgan fingerprint density at radius 1 is 1.03 bits per heavy atom. The summed E-state index contributed by atoms with van der Waals surface area (Å²) in [7, 11) is 0. The largest absolute Gasteiger partial charge is 0.465 e. The lowest BCUT2D eigenvalue weighted by Gasteiger charge is -2.24. The Morgan fingerprint density at radius 3 is 2.47 bits per heavy atom. The van der Waals surface area contributed by atoms with Crippen molar-refractivity contribution in [2.75, 3.05) is 23.4 Å². The lowest BCUT2D eigenvalue weighted by Crippen LogP contribution is -2.50. The number of aryl methyl sites for hydroxylation is 1. The van der Waals surface area contributed by atoms with Crippen LogP contribution in [0.4, 0.5) is 20.6 Å². The summed E-state index contributed by atoms with van der Waals surface area (Å²) in [5, 5.41) is 5.24. The SMILES string of the molecule is CCOC(=O)CN1C(=O)C(NC(=O)Nc2cccc(C)c2)N=C(c2ccccc2F)c2ccccc21. The van der Waals surface area contributed by atoms with Crippen molar-refractivity contribution in [3.63, 3.8) is 0 Å². The zero-order chi connectivity index (χ0) is 25.7. The van der Waals surface area contributed by atoms with Gasteiger partial charge in [-0.1, -0.05) is 42.5 Å². The first-order valence-corrected chi connectivity index (χ1v) is 11.4. The van der Waals surface area contributed by atoms with Gasteiger partial charge in [0.15, 0.2) is 0 Å². The molecule has 2 N–H and O–H groups in total. The van der Waals surface area contributed by atoms with Crippen molar-refractivity contribution in [1.29, 1.82) is 0 Å². The van der Waals surface area contributed by atoms with Crippen LogP contribution >= 0.6 is 0 Å². The van der Waals surface area contributed by atoms with E-state index in [1.54, 1.807) is 67.6 Å². The van der Waals surface area contributed by atoms with E-state index in [-0.39, 0.29) is 17.9 Å². The molecule has 8 nitrogen and oxygen atoms in total. The molecule has 0 fully saturated rings. The number of rotatable bonds is 6. The van der Waals surface area contributed by atoms with Crippen molar-refractivity contribution in [2.24, 2.45) is 4.99 Å². The highest BCUT2D eigenvalue weighted by atomic mass is 19.1. The Balaban J connectivity index is 1.76. The third kappa shape index (κ3) is 5.41. The molecule has 0 spiro atoms. The molecule has 0 aromatic heterocycles. The molecule has 9 heteroatoms. The number of halogens is 1. The second kappa shape index (κ2) is 10.8. The van der Waals surface area contributed by atoms with E-state index in [1.165, 1.54) is 11.0 Å². The molecule has 0 radical (unpaired) electrons. The van der Waals surface area contributed by atoms with E-state index in [4.69, 9.17) is 4.74 Å². The van der Waals surface area contributed by atoms with Crippen LogP contribution < -0.4 is 15.5 Å². The van der Waals surface area contributed by atoms with E-state index in [1.807, 2.05) is 13.0 Å². The topological polar surface area (TPSA) is 100 Å². The molecular formula is C27H25FN4O4. The van der Waals surface area contributed by atoms with Gasteiger partial charge in [0.25, 0.3) is 5.91 Å². The van der Waals surface area contributed by atoms with Gasteiger partial charge < -0.3 is 15.4 Å². The number of nitrogens with one attached hydrogen (secondary N) is 2. The average Bonchev–Trinajstić information content (AvgIpc) is 2.95. The molecule has 0 bridgehead atoms. The fourth-order valence-electron chi connectivity index (χ4n) is 3.90. The number of carbonyl (C=O) groups excluding carboxylic acids is 3. The first kappa shape index (κ1) is 24.6. The highest BCUT2D eigenvalue weighted by molar-refractivity contribution is 6.21. The van der Waals surface area contributed by atoms with Crippen LogP contribution in [0.5, 0.6) is 0 Å². The summed E-state index contributed by atoms with van der Waals surface area (Å²) in [5.74, 6) is -1.83. The molecule has 4 rings (SSSR count). The van der Waals surface area contributed by atoms with Crippen LogP contribution in [0, 0.1) is 12.7 Å². The molecule has 1 aliphatic rings. The van der Waals surface area contributed by atoms with Gasteiger partial charge in [-0.2, -0.15) is 0 Å². The van der Waals surface area contributed by atoms with Crippen molar-refractivity contribution in [3.8, 4) is 0 Å². The number of hydrogen-bond acceptors (Lipinski definition) is 5. The van der Waals surface area contributed by atoms with Gasteiger partial charge >= 0.3 is 12.0 Å². The van der Waals surface area contributed by atoms with Crippen molar-refractivity contribution in [2.45, 2.75) is 20.0 Å². The maximum absolute atomic E-state index is 14.9. The van der Waals surface area contributed by atoms with Crippen LogP contribution in [-0.2, 0) is 14.3 Å². The van der Waals surface area contributed by atoms with Gasteiger partial charge in [0, 0.05) is 16.8 Å². The molecule has 1 unspecified atom stereocenters. The van der Waals surface area contributed by atoms with Crippen molar-refractivity contribution < 1.29 is 23.5 Å². The smallest absolute Gasteiger partial charge is 0.326 e. The number of benzodiazepines with no additional fused rings is 1. The highest BCUT2D eigenvalue weighted by Gasteiger charge is 2.35.